The fraction of sp³-hybridized carbons (Fsp3) is 1.00. The Morgan fingerprint density at radius 3 is 2.43 bits per heavy atom. The van der Waals surface area contributed by atoms with Crippen LogP contribution in [0.2, 0.25) is 0 Å². The predicted molar refractivity (Wildman–Crippen MR) is 59.3 cm³/mol. The van der Waals surface area contributed by atoms with E-state index < -0.39 is 0 Å². The van der Waals surface area contributed by atoms with Crippen LogP contribution in [-0.4, -0.2) is 31.2 Å². The van der Waals surface area contributed by atoms with Crippen molar-refractivity contribution < 1.29 is 0 Å². The van der Waals surface area contributed by atoms with Crippen molar-refractivity contribution in [1.82, 2.24) is 10.6 Å². The molecule has 1 saturated heterocycles. The number of piperidine rings is 1. The summed E-state index contributed by atoms with van der Waals surface area (Å²) in [6, 6.07) is 1.70. The lowest BCUT2D eigenvalue weighted by molar-refractivity contribution is 0.272. The van der Waals surface area contributed by atoms with Crippen LogP contribution in [0.3, 0.4) is 0 Å². The molecule has 0 aromatic rings. The molecule has 2 rings (SSSR count). The van der Waals surface area contributed by atoms with Crippen molar-refractivity contribution in [1.29, 1.82) is 0 Å². The fourth-order valence-electron chi connectivity index (χ4n) is 2.66. The Morgan fingerprint density at radius 2 is 1.71 bits per heavy atom. The molecule has 14 heavy (non-hydrogen) atoms. The molecule has 3 heteroatoms. The Bertz CT molecular complexity index is 166. The second-order valence-electron chi connectivity index (χ2n) is 4.75. The molecule has 4 N–H and O–H groups in total. The van der Waals surface area contributed by atoms with E-state index in [-0.39, 0.29) is 0 Å². The SMILES string of the molecule is NC1CCCC[C@@H]1NC1CCNCC1. The highest BCUT2D eigenvalue weighted by Gasteiger charge is 2.24. The zero-order valence-corrected chi connectivity index (χ0v) is 8.97. The summed E-state index contributed by atoms with van der Waals surface area (Å²) in [4.78, 5) is 0. The Hall–Kier alpha value is -0.120. The molecule has 3 nitrogen and oxygen atoms in total. The first-order valence-electron chi connectivity index (χ1n) is 6.08. The van der Waals surface area contributed by atoms with Gasteiger partial charge in [-0.2, -0.15) is 0 Å². The molecule has 0 spiro atoms. The zero-order valence-electron chi connectivity index (χ0n) is 8.97. The molecular weight excluding hydrogens is 174 g/mol. The zero-order chi connectivity index (χ0) is 9.80. The highest BCUT2D eigenvalue weighted by molar-refractivity contribution is 4.87. The molecule has 2 fully saturated rings. The molecular formula is C11H23N3. The lowest BCUT2D eigenvalue weighted by Gasteiger charge is -2.34. The van der Waals surface area contributed by atoms with Crippen molar-refractivity contribution in [3.05, 3.63) is 0 Å². The second-order valence-corrected chi connectivity index (χ2v) is 4.75. The van der Waals surface area contributed by atoms with Crippen molar-refractivity contribution >= 4 is 0 Å². The third-order valence-electron chi connectivity index (χ3n) is 3.61. The van der Waals surface area contributed by atoms with Gasteiger partial charge in [-0.05, 0) is 38.8 Å². The Morgan fingerprint density at radius 1 is 1.00 bits per heavy atom. The van der Waals surface area contributed by atoms with Crippen LogP contribution in [0.25, 0.3) is 0 Å². The summed E-state index contributed by atoms with van der Waals surface area (Å²) in [5.74, 6) is 0. The van der Waals surface area contributed by atoms with E-state index in [1.165, 1.54) is 51.6 Å². The molecule has 0 amide bonds. The Kier molecular flexibility index (Phi) is 3.79. The maximum Gasteiger partial charge on any atom is 0.0221 e. The molecule has 1 aliphatic carbocycles. The van der Waals surface area contributed by atoms with Gasteiger partial charge in [-0.3, -0.25) is 0 Å². The summed E-state index contributed by atoms with van der Waals surface area (Å²) in [5.41, 5.74) is 6.12. The van der Waals surface area contributed by atoms with Crippen LogP contribution in [0.5, 0.6) is 0 Å². The van der Waals surface area contributed by atoms with Gasteiger partial charge in [0.2, 0.25) is 0 Å². The first kappa shape index (κ1) is 10.4. The molecule has 0 aromatic carbocycles. The lowest BCUT2D eigenvalue weighted by atomic mass is 9.90. The standard InChI is InChI=1S/C11H23N3/c12-10-3-1-2-4-11(10)14-9-5-7-13-8-6-9/h9-11,13-14H,1-8,12H2/t10?,11-/m0/s1. The predicted octanol–water partition coefficient (Wildman–Crippen LogP) is 0.598. The molecule has 1 saturated carbocycles. The van der Waals surface area contributed by atoms with E-state index in [1.54, 1.807) is 0 Å². The van der Waals surface area contributed by atoms with Crippen LogP contribution in [0.15, 0.2) is 0 Å². The molecule has 0 bridgehead atoms. The van der Waals surface area contributed by atoms with Gasteiger partial charge in [0.15, 0.2) is 0 Å². The first-order chi connectivity index (χ1) is 6.86. The van der Waals surface area contributed by atoms with Crippen molar-refractivity contribution in [2.24, 2.45) is 5.73 Å². The van der Waals surface area contributed by atoms with Crippen LogP contribution in [0, 0.1) is 0 Å². The number of hydrogen-bond acceptors (Lipinski definition) is 3. The summed E-state index contributed by atoms with van der Waals surface area (Å²) in [6.07, 6.45) is 7.71. The van der Waals surface area contributed by atoms with Crippen molar-refractivity contribution in [2.75, 3.05) is 13.1 Å². The first-order valence-corrected chi connectivity index (χ1v) is 6.08. The minimum absolute atomic E-state index is 0.402. The van der Waals surface area contributed by atoms with Crippen LogP contribution >= 0.6 is 0 Å². The van der Waals surface area contributed by atoms with Crippen LogP contribution in [0.1, 0.15) is 38.5 Å². The van der Waals surface area contributed by atoms with Crippen molar-refractivity contribution in [2.45, 2.75) is 56.7 Å². The van der Waals surface area contributed by atoms with Crippen molar-refractivity contribution in [3.8, 4) is 0 Å². The van der Waals surface area contributed by atoms with Gasteiger partial charge >= 0.3 is 0 Å². The monoisotopic (exact) mass is 197 g/mol. The maximum absolute atomic E-state index is 6.12. The topological polar surface area (TPSA) is 50.1 Å². The Balaban J connectivity index is 1.76. The summed E-state index contributed by atoms with van der Waals surface area (Å²) < 4.78 is 0. The average Bonchev–Trinajstić information content (AvgIpc) is 2.23. The maximum atomic E-state index is 6.12. The van der Waals surface area contributed by atoms with Gasteiger partial charge in [-0.25, -0.2) is 0 Å². The van der Waals surface area contributed by atoms with Crippen molar-refractivity contribution in [3.63, 3.8) is 0 Å². The molecule has 1 aliphatic heterocycles. The van der Waals surface area contributed by atoms with Gasteiger partial charge in [0.25, 0.3) is 0 Å². The number of hydrogen-bond donors (Lipinski definition) is 3. The minimum atomic E-state index is 0.402. The summed E-state index contributed by atoms with van der Waals surface area (Å²) in [6.45, 7) is 2.33. The normalized spacial score (nSPS) is 35.8. The van der Waals surface area contributed by atoms with Crippen LogP contribution in [-0.2, 0) is 0 Å². The lowest BCUT2D eigenvalue weighted by Crippen LogP contribution is -2.53. The smallest absolute Gasteiger partial charge is 0.0221 e. The quantitative estimate of drug-likeness (QED) is 0.607. The molecule has 82 valence electrons. The molecule has 1 unspecified atom stereocenters. The average molecular weight is 197 g/mol. The van der Waals surface area contributed by atoms with E-state index in [4.69, 9.17) is 5.73 Å². The van der Waals surface area contributed by atoms with Gasteiger partial charge in [-0.15, -0.1) is 0 Å². The second kappa shape index (κ2) is 5.10. The highest BCUT2D eigenvalue weighted by Crippen LogP contribution is 2.18. The molecule has 0 aromatic heterocycles. The Labute approximate surface area is 86.8 Å². The number of nitrogens with one attached hydrogen (secondary N) is 2. The van der Waals surface area contributed by atoms with E-state index in [1.807, 2.05) is 0 Å². The van der Waals surface area contributed by atoms with E-state index in [0.717, 1.165) is 0 Å². The highest BCUT2D eigenvalue weighted by atomic mass is 15.0. The fourth-order valence-corrected chi connectivity index (χ4v) is 2.66. The van der Waals surface area contributed by atoms with Gasteiger partial charge in [-0.1, -0.05) is 12.8 Å². The van der Waals surface area contributed by atoms with Crippen LogP contribution in [0.4, 0.5) is 0 Å². The van der Waals surface area contributed by atoms with E-state index in [9.17, 15) is 0 Å². The molecule has 2 atom stereocenters. The number of rotatable bonds is 2. The molecule has 1 heterocycles. The molecule has 2 aliphatic rings. The third kappa shape index (κ3) is 2.69. The largest absolute Gasteiger partial charge is 0.326 e. The van der Waals surface area contributed by atoms with Gasteiger partial charge in [0.05, 0.1) is 0 Å². The van der Waals surface area contributed by atoms with Crippen LogP contribution < -0.4 is 16.4 Å². The van der Waals surface area contributed by atoms with E-state index >= 15 is 0 Å². The van der Waals surface area contributed by atoms with Gasteiger partial charge in [0.1, 0.15) is 0 Å². The number of nitrogens with two attached hydrogens (primary N) is 1. The minimum Gasteiger partial charge on any atom is -0.326 e. The third-order valence-corrected chi connectivity index (χ3v) is 3.61. The molecule has 0 radical (unpaired) electrons. The summed E-state index contributed by atoms with van der Waals surface area (Å²) in [7, 11) is 0. The van der Waals surface area contributed by atoms with Gasteiger partial charge in [0, 0.05) is 18.1 Å². The van der Waals surface area contributed by atoms with E-state index in [0.29, 0.717) is 18.1 Å². The summed E-state index contributed by atoms with van der Waals surface area (Å²) in [5, 5.41) is 7.13. The van der Waals surface area contributed by atoms with Gasteiger partial charge < -0.3 is 16.4 Å². The summed E-state index contributed by atoms with van der Waals surface area (Å²) >= 11 is 0. The van der Waals surface area contributed by atoms with E-state index in [2.05, 4.69) is 10.6 Å².